The number of benzene rings is 1. The Morgan fingerprint density at radius 3 is 2.66 bits per heavy atom. The molecule has 0 radical (unpaired) electrons. The summed E-state index contributed by atoms with van der Waals surface area (Å²) in [7, 11) is 0. The van der Waals surface area contributed by atoms with Crippen molar-refractivity contribution in [3.63, 3.8) is 0 Å². The third-order valence-electron chi connectivity index (χ3n) is 6.09. The molecule has 4 heterocycles. The Hall–Kier alpha value is -2.58. The highest BCUT2D eigenvalue weighted by Gasteiger charge is 2.47. The molecule has 2 aliphatic rings. The zero-order chi connectivity index (χ0) is 20.0. The second kappa shape index (κ2) is 7.03. The van der Waals surface area contributed by atoms with E-state index in [2.05, 4.69) is 10.00 Å². The summed E-state index contributed by atoms with van der Waals surface area (Å²) < 4.78 is 16.9. The van der Waals surface area contributed by atoms with Crippen LogP contribution in [0.4, 0.5) is 4.39 Å². The largest absolute Gasteiger partial charge is 0.332 e. The molecule has 29 heavy (non-hydrogen) atoms. The fourth-order valence-electron chi connectivity index (χ4n) is 4.58. The zero-order valence-electron chi connectivity index (χ0n) is 15.9. The minimum absolute atomic E-state index is 0.195. The van der Waals surface area contributed by atoms with Crippen molar-refractivity contribution in [3.8, 4) is 0 Å². The van der Waals surface area contributed by atoms with E-state index in [1.54, 1.807) is 22.0 Å². The molecule has 150 valence electrons. The minimum atomic E-state index is -0.569. The summed E-state index contributed by atoms with van der Waals surface area (Å²) in [5, 5.41) is 6.60. The molecule has 8 heteroatoms. The molecule has 1 aromatic carbocycles. The van der Waals surface area contributed by atoms with Crippen LogP contribution in [0.25, 0.3) is 0 Å². The van der Waals surface area contributed by atoms with E-state index in [1.807, 2.05) is 29.6 Å². The van der Waals surface area contributed by atoms with Crippen molar-refractivity contribution in [2.45, 2.75) is 37.9 Å². The monoisotopic (exact) mass is 412 g/mol. The van der Waals surface area contributed by atoms with Gasteiger partial charge < -0.3 is 0 Å². The van der Waals surface area contributed by atoms with E-state index >= 15 is 0 Å². The van der Waals surface area contributed by atoms with Crippen LogP contribution in [0.3, 0.4) is 0 Å². The molecule has 0 aliphatic carbocycles. The van der Waals surface area contributed by atoms with E-state index in [1.165, 1.54) is 10.7 Å². The Labute approximate surface area is 170 Å². The highest BCUT2D eigenvalue weighted by Crippen LogP contribution is 2.40. The van der Waals surface area contributed by atoms with Crippen molar-refractivity contribution in [2.24, 2.45) is 0 Å². The van der Waals surface area contributed by atoms with Crippen molar-refractivity contribution in [3.05, 3.63) is 84.6 Å². The molecule has 6 nitrogen and oxygen atoms in total. The summed E-state index contributed by atoms with van der Waals surface area (Å²) in [4.78, 5) is 28.4. The highest BCUT2D eigenvalue weighted by atomic mass is 32.1. The number of aromatic nitrogens is 3. The lowest BCUT2D eigenvalue weighted by molar-refractivity contribution is 0.294. The maximum absolute atomic E-state index is 14.1. The van der Waals surface area contributed by atoms with Gasteiger partial charge in [-0.3, -0.25) is 19.1 Å². The van der Waals surface area contributed by atoms with Gasteiger partial charge in [0.2, 0.25) is 0 Å². The molecule has 1 fully saturated rings. The van der Waals surface area contributed by atoms with Crippen LogP contribution in [0, 0.1) is 5.82 Å². The molecule has 0 bridgehead atoms. The standard InChI is InChI=1S/C21H21FN4O2S/c22-17-6-2-1-4-15(17)12-24-9-7-21(14-24)8-10-25-18(27)19(28)26(23-20(21)25)13-16-5-3-11-29-16/h1-6,11H,7-10,12-14H2. The summed E-state index contributed by atoms with van der Waals surface area (Å²) in [6.07, 6.45) is 1.64. The number of likely N-dealkylation sites (tertiary alicyclic amines) is 1. The van der Waals surface area contributed by atoms with Crippen LogP contribution in [-0.4, -0.2) is 32.3 Å². The lowest BCUT2D eigenvalue weighted by Crippen LogP contribution is -2.45. The van der Waals surface area contributed by atoms with Crippen molar-refractivity contribution in [2.75, 3.05) is 13.1 Å². The molecular formula is C21H21FN4O2S. The molecule has 1 saturated heterocycles. The lowest BCUT2D eigenvalue weighted by Gasteiger charge is -2.24. The Bertz CT molecular complexity index is 1170. The first-order valence-corrected chi connectivity index (χ1v) is 10.6. The first-order chi connectivity index (χ1) is 14.1. The lowest BCUT2D eigenvalue weighted by atomic mass is 9.85. The maximum Gasteiger partial charge on any atom is 0.332 e. The van der Waals surface area contributed by atoms with E-state index in [0.29, 0.717) is 37.6 Å². The van der Waals surface area contributed by atoms with E-state index in [9.17, 15) is 14.0 Å². The minimum Gasteiger partial charge on any atom is -0.298 e. The van der Waals surface area contributed by atoms with Gasteiger partial charge in [-0.2, -0.15) is 5.10 Å². The average molecular weight is 412 g/mol. The fraction of sp³-hybridized carbons (Fsp3) is 0.381. The van der Waals surface area contributed by atoms with Crippen LogP contribution in [0.5, 0.6) is 0 Å². The summed E-state index contributed by atoms with van der Waals surface area (Å²) in [6.45, 7) is 2.89. The smallest absolute Gasteiger partial charge is 0.298 e. The predicted molar refractivity (Wildman–Crippen MR) is 109 cm³/mol. The molecule has 5 rings (SSSR count). The number of hydrogen-bond acceptors (Lipinski definition) is 5. The summed E-state index contributed by atoms with van der Waals surface area (Å²) in [6, 6.07) is 10.7. The number of thiophene rings is 1. The third-order valence-corrected chi connectivity index (χ3v) is 6.95. The van der Waals surface area contributed by atoms with Gasteiger partial charge in [-0.05, 0) is 36.9 Å². The molecule has 2 aromatic heterocycles. The number of nitrogens with zero attached hydrogens (tertiary/aromatic N) is 4. The quantitative estimate of drug-likeness (QED) is 0.617. The van der Waals surface area contributed by atoms with Crippen LogP contribution in [-0.2, 0) is 25.0 Å². The van der Waals surface area contributed by atoms with Gasteiger partial charge in [0, 0.05) is 35.5 Å². The molecular weight excluding hydrogens is 391 g/mol. The number of halogens is 1. The SMILES string of the molecule is O=c1c(=O)n2c(nn1Cc1cccs1)C1(CCN(Cc3ccccc3F)C1)CC2. The normalized spacial score (nSPS) is 21.1. The van der Waals surface area contributed by atoms with Gasteiger partial charge >= 0.3 is 11.1 Å². The molecule has 2 aliphatic heterocycles. The van der Waals surface area contributed by atoms with E-state index in [0.717, 1.165) is 24.3 Å². The van der Waals surface area contributed by atoms with Crippen LogP contribution >= 0.6 is 11.3 Å². The molecule has 1 atom stereocenters. The molecule has 3 aromatic rings. The topological polar surface area (TPSA) is 60.1 Å². The van der Waals surface area contributed by atoms with Gasteiger partial charge in [-0.15, -0.1) is 11.3 Å². The van der Waals surface area contributed by atoms with Crippen molar-refractivity contribution >= 4 is 11.3 Å². The van der Waals surface area contributed by atoms with Gasteiger partial charge in [0.1, 0.15) is 11.6 Å². The molecule has 0 saturated carbocycles. The highest BCUT2D eigenvalue weighted by molar-refractivity contribution is 7.09. The van der Waals surface area contributed by atoms with E-state index < -0.39 is 11.1 Å². The van der Waals surface area contributed by atoms with Gasteiger partial charge in [0.05, 0.1) is 6.54 Å². The molecule has 1 unspecified atom stereocenters. The van der Waals surface area contributed by atoms with Crippen LogP contribution in [0.2, 0.25) is 0 Å². The summed E-state index contributed by atoms with van der Waals surface area (Å²) in [5.74, 6) is 0.508. The fourth-order valence-corrected chi connectivity index (χ4v) is 5.26. The van der Waals surface area contributed by atoms with Gasteiger partial charge in [0.25, 0.3) is 0 Å². The van der Waals surface area contributed by atoms with Gasteiger partial charge in [0.15, 0.2) is 0 Å². The number of hydrogen-bond donors (Lipinski definition) is 0. The molecule has 0 N–H and O–H groups in total. The Morgan fingerprint density at radius 1 is 1.03 bits per heavy atom. The summed E-state index contributed by atoms with van der Waals surface area (Å²) >= 11 is 1.54. The van der Waals surface area contributed by atoms with Crippen molar-refractivity contribution in [1.29, 1.82) is 0 Å². The third kappa shape index (κ3) is 3.16. The average Bonchev–Trinajstić information content (AvgIpc) is 3.44. The van der Waals surface area contributed by atoms with E-state index in [-0.39, 0.29) is 11.2 Å². The number of fused-ring (bicyclic) bond motifs is 2. The van der Waals surface area contributed by atoms with Crippen molar-refractivity contribution in [1.82, 2.24) is 19.2 Å². The van der Waals surface area contributed by atoms with Crippen LogP contribution in [0.1, 0.15) is 29.1 Å². The van der Waals surface area contributed by atoms with Crippen molar-refractivity contribution < 1.29 is 4.39 Å². The summed E-state index contributed by atoms with van der Waals surface area (Å²) in [5.41, 5.74) is -0.637. The molecule has 1 spiro atoms. The van der Waals surface area contributed by atoms with E-state index in [4.69, 9.17) is 0 Å². The second-order valence-corrected chi connectivity index (χ2v) is 8.94. The maximum atomic E-state index is 14.1. The second-order valence-electron chi connectivity index (χ2n) is 7.90. The first kappa shape index (κ1) is 18.4. The Morgan fingerprint density at radius 2 is 1.86 bits per heavy atom. The van der Waals surface area contributed by atoms with Gasteiger partial charge in [-0.1, -0.05) is 24.3 Å². The zero-order valence-corrected chi connectivity index (χ0v) is 16.7. The van der Waals surface area contributed by atoms with Crippen LogP contribution < -0.4 is 11.1 Å². The Kier molecular flexibility index (Phi) is 4.48. The van der Waals surface area contributed by atoms with Gasteiger partial charge in [-0.25, -0.2) is 9.07 Å². The molecule has 0 amide bonds. The van der Waals surface area contributed by atoms with Crippen LogP contribution in [0.15, 0.2) is 51.4 Å². The number of rotatable bonds is 4. The predicted octanol–water partition coefficient (Wildman–Crippen LogP) is 2.20. The Balaban J connectivity index is 1.46. The first-order valence-electron chi connectivity index (χ1n) is 9.76.